The first-order chi connectivity index (χ1) is 9.60. The summed E-state index contributed by atoms with van der Waals surface area (Å²) >= 11 is 0. The van der Waals surface area contributed by atoms with Crippen LogP contribution >= 0.6 is 0 Å². The van der Waals surface area contributed by atoms with E-state index in [2.05, 4.69) is 0 Å². The van der Waals surface area contributed by atoms with E-state index in [9.17, 15) is 18.3 Å². The summed E-state index contributed by atoms with van der Waals surface area (Å²) in [6, 6.07) is 2.66. The third-order valence-electron chi connectivity index (χ3n) is 4.11. The second kappa shape index (κ2) is 5.08. The van der Waals surface area contributed by atoms with E-state index in [1.165, 1.54) is 16.4 Å². The van der Waals surface area contributed by atoms with Crippen LogP contribution in [0.5, 0.6) is 0 Å². The number of aromatic carboxylic acids is 1. The number of nitrogens with zero attached hydrogens (tertiary/aromatic N) is 1. The van der Waals surface area contributed by atoms with Gasteiger partial charge in [-0.25, -0.2) is 13.2 Å². The van der Waals surface area contributed by atoms with Crippen molar-refractivity contribution in [3.05, 3.63) is 28.8 Å². The minimum Gasteiger partial charge on any atom is -0.478 e. The molecule has 0 atom stereocenters. The zero-order valence-electron chi connectivity index (χ0n) is 12.3. The molecule has 0 spiro atoms. The fraction of sp³-hybridized carbons (Fsp3) is 0.500. The fourth-order valence-electron chi connectivity index (χ4n) is 2.35. The maximum Gasteiger partial charge on any atom is 0.336 e. The molecule has 0 amide bonds. The molecule has 1 aromatic carbocycles. The largest absolute Gasteiger partial charge is 0.478 e. The molecule has 7 heteroatoms. The van der Waals surface area contributed by atoms with E-state index in [0.717, 1.165) is 0 Å². The molecule has 1 fully saturated rings. The molecule has 21 heavy (non-hydrogen) atoms. The summed E-state index contributed by atoms with van der Waals surface area (Å²) in [4.78, 5) is 11.2. The maximum absolute atomic E-state index is 12.5. The van der Waals surface area contributed by atoms with Gasteiger partial charge in [0.2, 0.25) is 10.0 Å². The molecule has 0 radical (unpaired) electrons. The highest BCUT2D eigenvalue weighted by molar-refractivity contribution is 7.89. The van der Waals surface area contributed by atoms with Crippen molar-refractivity contribution in [1.82, 2.24) is 4.31 Å². The second-order valence-corrected chi connectivity index (χ2v) is 7.51. The fourth-order valence-corrected chi connectivity index (χ4v) is 4.06. The van der Waals surface area contributed by atoms with Gasteiger partial charge in [-0.2, -0.15) is 4.31 Å². The van der Waals surface area contributed by atoms with E-state index in [0.29, 0.717) is 17.5 Å². The molecule has 116 valence electrons. The van der Waals surface area contributed by atoms with Crippen molar-refractivity contribution < 1.29 is 23.4 Å². The third kappa shape index (κ3) is 2.68. The van der Waals surface area contributed by atoms with Crippen LogP contribution in [0.4, 0.5) is 0 Å². The molecule has 2 rings (SSSR count). The van der Waals surface area contributed by atoms with Crippen LogP contribution in [0.2, 0.25) is 0 Å². The van der Waals surface area contributed by atoms with Crippen molar-refractivity contribution in [2.45, 2.75) is 37.7 Å². The molecule has 6 nitrogen and oxygen atoms in total. The number of carboxylic acid groups (broad SMARTS) is 1. The van der Waals surface area contributed by atoms with Crippen molar-refractivity contribution >= 4 is 16.0 Å². The van der Waals surface area contributed by atoms with E-state index in [-0.39, 0.29) is 23.5 Å². The summed E-state index contributed by atoms with van der Waals surface area (Å²) in [7, 11) is -3.77. The van der Waals surface area contributed by atoms with Crippen LogP contribution in [0.25, 0.3) is 0 Å². The van der Waals surface area contributed by atoms with E-state index < -0.39 is 21.6 Å². The van der Waals surface area contributed by atoms with Gasteiger partial charge in [-0.05, 0) is 43.5 Å². The molecule has 1 aliphatic rings. The predicted octanol–water partition coefficient (Wildman–Crippen LogP) is 1.15. The maximum atomic E-state index is 12.5. The highest BCUT2D eigenvalue weighted by Gasteiger charge is 2.46. The summed E-state index contributed by atoms with van der Waals surface area (Å²) in [5.74, 6) is -1.15. The minimum absolute atomic E-state index is 0.0140. The van der Waals surface area contributed by atoms with Crippen LogP contribution in [0.15, 0.2) is 17.0 Å². The monoisotopic (exact) mass is 313 g/mol. The first-order valence-corrected chi connectivity index (χ1v) is 8.12. The Bertz CT molecular complexity index is 690. The van der Waals surface area contributed by atoms with Crippen LogP contribution in [0.3, 0.4) is 0 Å². The summed E-state index contributed by atoms with van der Waals surface area (Å²) in [5.41, 5.74) is 0.178. The van der Waals surface area contributed by atoms with Gasteiger partial charge < -0.3 is 10.2 Å². The topological polar surface area (TPSA) is 94.9 Å². The highest BCUT2D eigenvalue weighted by Crippen LogP contribution is 2.31. The SMILES string of the molecule is CCC1(O)CN(S(=O)(=O)c2cc(C)c(C)c(C(=O)O)c2)C1. The normalized spacial score (nSPS) is 18.3. The molecule has 0 unspecified atom stereocenters. The highest BCUT2D eigenvalue weighted by atomic mass is 32.2. The Morgan fingerprint density at radius 3 is 2.38 bits per heavy atom. The van der Waals surface area contributed by atoms with Crippen molar-refractivity contribution in [3.63, 3.8) is 0 Å². The van der Waals surface area contributed by atoms with Crippen molar-refractivity contribution in [2.75, 3.05) is 13.1 Å². The molecule has 1 aromatic rings. The van der Waals surface area contributed by atoms with Crippen LogP contribution in [0, 0.1) is 13.8 Å². The molecule has 0 aliphatic carbocycles. The molecule has 2 N–H and O–H groups in total. The Balaban J connectivity index is 2.41. The molecule has 0 bridgehead atoms. The Morgan fingerprint density at radius 1 is 1.33 bits per heavy atom. The lowest BCUT2D eigenvalue weighted by molar-refractivity contribution is -0.0613. The number of benzene rings is 1. The number of β-amino-alcohol motifs (C(OH)–C–C–N with tert-alkyl or cyclic N) is 1. The van der Waals surface area contributed by atoms with Crippen molar-refractivity contribution in [3.8, 4) is 0 Å². The molecule has 1 heterocycles. The molecular formula is C14H19NO5S. The van der Waals surface area contributed by atoms with Gasteiger partial charge in [0.1, 0.15) is 0 Å². The number of sulfonamides is 1. The van der Waals surface area contributed by atoms with Gasteiger partial charge in [-0.1, -0.05) is 6.92 Å². The Hall–Kier alpha value is -1.44. The Kier molecular flexibility index (Phi) is 3.86. The zero-order valence-corrected chi connectivity index (χ0v) is 13.1. The van der Waals surface area contributed by atoms with Crippen LogP contribution in [-0.2, 0) is 10.0 Å². The number of hydrogen-bond acceptors (Lipinski definition) is 4. The van der Waals surface area contributed by atoms with E-state index in [1.54, 1.807) is 20.8 Å². The van der Waals surface area contributed by atoms with Gasteiger partial charge in [-0.15, -0.1) is 0 Å². The van der Waals surface area contributed by atoms with E-state index in [4.69, 9.17) is 5.11 Å². The molecule has 0 aromatic heterocycles. The van der Waals surface area contributed by atoms with Gasteiger partial charge in [-0.3, -0.25) is 0 Å². The van der Waals surface area contributed by atoms with Gasteiger partial charge in [0.15, 0.2) is 0 Å². The lowest BCUT2D eigenvalue weighted by Crippen LogP contribution is -2.62. The minimum atomic E-state index is -3.77. The summed E-state index contributed by atoms with van der Waals surface area (Å²) in [6.45, 7) is 5.21. The van der Waals surface area contributed by atoms with Gasteiger partial charge in [0.05, 0.1) is 16.1 Å². The smallest absolute Gasteiger partial charge is 0.336 e. The average Bonchev–Trinajstić information content (AvgIpc) is 2.37. The summed E-state index contributed by atoms with van der Waals surface area (Å²) in [6.07, 6.45) is 0.478. The number of aliphatic hydroxyl groups is 1. The Morgan fingerprint density at radius 2 is 1.90 bits per heavy atom. The number of hydrogen-bond donors (Lipinski definition) is 2. The van der Waals surface area contributed by atoms with Gasteiger partial charge in [0, 0.05) is 13.1 Å². The number of rotatable bonds is 4. The zero-order chi connectivity index (χ0) is 16.0. The summed E-state index contributed by atoms with van der Waals surface area (Å²) in [5, 5.41) is 19.1. The molecule has 1 saturated heterocycles. The number of carbonyl (C=O) groups is 1. The van der Waals surface area contributed by atoms with Gasteiger partial charge >= 0.3 is 5.97 Å². The van der Waals surface area contributed by atoms with E-state index >= 15 is 0 Å². The predicted molar refractivity (Wildman–Crippen MR) is 76.9 cm³/mol. The second-order valence-electron chi connectivity index (χ2n) is 5.57. The lowest BCUT2D eigenvalue weighted by Gasteiger charge is -2.44. The van der Waals surface area contributed by atoms with Crippen LogP contribution in [-0.4, -0.2) is 47.6 Å². The Labute approximate surface area is 124 Å². The average molecular weight is 313 g/mol. The van der Waals surface area contributed by atoms with Crippen molar-refractivity contribution in [1.29, 1.82) is 0 Å². The third-order valence-corrected chi connectivity index (χ3v) is 5.88. The molecule has 1 aliphatic heterocycles. The quantitative estimate of drug-likeness (QED) is 0.869. The molecule has 0 saturated carbocycles. The molecular weight excluding hydrogens is 294 g/mol. The lowest BCUT2D eigenvalue weighted by atomic mass is 9.94. The standard InChI is InChI=1S/C14H19NO5S/c1-4-14(18)7-15(8-14)21(19,20)11-5-9(2)10(3)12(6-11)13(16)17/h5-6,18H,4,7-8H2,1-3H3,(H,16,17). The number of carboxylic acids is 1. The van der Waals surface area contributed by atoms with Crippen LogP contribution < -0.4 is 0 Å². The van der Waals surface area contributed by atoms with Crippen LogP contribution in [0.1, 0.15) is 34.8 Å². The number of aryl methyl sites for hydroxylation is 1. The first-order valence-electron chi connectivity index (χ1n) is 6.68. The summed E-state index contributed by atoms with van der Waals surface area (Å²) < 4.78 is 26.1. The van der Waals surface area contributed by atoms with Gasteiger partial charge in [0.25, 0.3) is 0 Å². The van der Waals surface area contributed by atoms with Crippen molar-refractivity contribution in [2.24, 2.45) is 0 Å². The van der Waals surface area contributed by atoms with E-state index in [1.807, 2.05) is 0 Å². The first kappa shape index (κ1) is 15.9.